The van der Waals surface area contributed by atoms with E-state index in [0.717, 1.165) is 17.4 Å². The summed E-state index contributed by atoms with van der Waals surface area (Å²) in [6.45, 7) is 1.16. The molecular weight excluding hydrogens is 437 g/mol. The maximum atomic E-state index is 13.3. The van der Waals surface area contributed by atoms with Crippen LogP contribution < -0.4 is 26.8 Å². The number of hydrogen-bond donors (Lipinski definition) is 4. The first-order valence-corrected chi connectivity index (χ1v) is 10.2. The highest BCUT2D eigenvalue weighted by atomic mass is 32.1. The summed E-state index contributed by atoms with van der Waals surface area (Å²) >= 11 is 0.974. The van der Waals surface area contributed by atoms with E-state index in [-0.39, 0.29) is 21.4 Å². The number of anilines is 4. The minimum atomic E-state index is -0.824. The predicted molar refractivity (Wildman–Crippen MR) is 121 cm³/mol. The second-order valence-electron chi connectivity index (χ2n) is 6.91. The van der Waals surface area contributed by atoms with Gasteiger partial charge in [-0.25, -0.2) is 9.97 Å². The normalized spacial score (nSPS) is 10.8. The van der Waals surface area contributed by atoms with Crippen LogP contribution in [0, 0.1) is 5.95 Å². The molecule has 0 aliphatic rings. The van der Waals surface area contributed by atoms with E-state index >= 15 is 0 Å². The van der Waals surface area contributed by atoms with Crippen molar-refractivity contribution in [3.8, 4) is 5.75 Å². The Balaban J connectivity index is 1.74. The standard InChI is InChI=1S/C20H22FN7O3S/c1-28(2)7-8-31-14-4-3-11(9-13(14)22)18(30)27-19-16(17(23)29)26-20(32-19)25-12-5-6-24-15(21)10-12/h3-6,9-10H,7-8,22H2,1-2H3,(H2,23,29)(H,27,30)(H,24,25,26). The number of likely N-dealkylation sites (N-methyl/N-ethyl adjacent to an activating group) is 1. The number of nitrogens with two attached hydrogens (primary N) is 2. The molecular formula is C20H22FN7O3S. The minimum absolute atomic E-state index is 0.128. The van der Waals surface area contributed by atoms with E-state index < -0.39 is 17.8 Å². The highest BCUT2D eigenvalue weighted by molar-refractivity contribution is 7.20. The fraction of sp³-hybridized carbons (Fsp3) is 0.200. The van der Waals surface area contributed by atoms with E-state index in [1.807, 2.05) is 19.0 Å². The fourth-order valence-corrected chi connectivity index (χ4v) is 3.45. The van der Waals surface area contributed by atoms with Crippen molar-refractivity contribution in [3.63, 3.8) is 0 Å². The minimum Gasteiger partial charge on any atom is -0.490 e. The number of benzene rings is 1. The number of ether oxygens (including phenoxy) is 1. The van der Waals surface area contributed by atoms with Crippen molar-refractivity contribution in [1.82, 2.24) is 14.9 Å². The van der Waals surface area contributed by atoms with Crippen LogP contribution in [-0.2, 0) is 0 Å². The number of hydrogen-bond acceptors (Lipinski definition) is 9. The van der Waals surface area contributed by atoms with Gasteiger partial charge in [-0.2, -0.15) is 4.39 Å². The molecule has 168 valence electrons. The zero-order valence-electron chi connectivity index (χ0n) is 17.4. The van der Waals surface area contributed by atoms with Crippen LogP contribution >= 0.6 is 11.3 Å². The Hall–Kier alpha value is -3.77. The van der Waals surface area contributed by atoms with E-state index in [9.17, 15) is 14.0 Å². The maximum absolute atomic E-state index is 13.3. The van der Waals surface area contributed by atoms with Crippen molar-refractivity contribution in [3.05, 3.63) is 53.7 Å². The average molecular weight is 460 g/mol. The Labute approximate surface area is 187 Å². The molecule has 3 rings (SSSR count). The number of thiazole rings is 1. The lowest BCUT2D eigenvalue weighted by molar-refractivity contribution is 0.0997. The van der Waals surface area contributed by atoms with Gasteiger partial charge in [-0.1, -0.05) is 11.3 Å². The molecule has 3 aromatic rings. The first-order chi connectivity index (χ1) is 15.2. The molecule has 32 heavy (non-hydrogen) atoms. The summed E-state index contributed by atoms with van der Waals surface area (Å²) in [5, 5.41) is 5.85. The third-order valence-electron chi connectivity index (χ3n) is 4.13. The summed E-state index contributed by atoms with van der Waals surface area (Å²) in [5.74, 6) is -1.55. The molecule has 2 aromatic heterocycles. The number of aromatic nitrogens is 2. The molecule has 0 atom stereocenters. The van der Waals surface area contributed by atoms with Crippen molar-refractivity contribution < 1.29 is 18.7 Å². The predicted octanol–water partition coefficient (Wildman–Crippen LogP) is 2.29. The number of primary amides is 1. The molecule has 0 saturated heterocycles. The molecule has 0 bridgehead atoms. The summed E-state index contributed by atoms with van der Waals surface area (Å²) in [4.78, 5) is 34.0. The smallest absolute Gasteiger partial charge is 0.270 e. The molecule has 0 radical (unpaired) electrons. The monoisotopic (exact) mass is 459 g/mol. The van der Waals surface area contributed by atoms with Crippen molar-refractivity contribution in [1.29, 1.82) is 0 Å². The van der Waals surface area contributed by atoms with E-state index in [1.54, 1.807) is 12.1 Å². The van der Waals surface area contributed by atoms with Gasteiger partial charge < -0.3 is 31.7 Å². The SMILES string of the molecule is CN(C)CCOc1ccc(C(=O)Nc2sc(Nc3ccnc(F)c3)nc2C(N)=O)cc1N. The maximum Gasteiger partial charge on any atom is 0.270 e. The van der Waals surface area contributed by atoms with Crippen LogP contribution in [0.1, 0.15) is 20.8 Å². The largest absolute Gasteiger partial charge is 0.490 e. The van der Waals surface area contributed by atoms with Crippen LogP contribution in [0.3, 0.4) is 0 Å². The zero-order valence-corrected chi connectivity index (χ0v) is 18.2. The number of pyridine rings is 1. The van der Waals surface area contributed by atoms with Crippen LogP contribution in [0.25, 0.3) is 0 Å². The Morgan fingerprint density at radius 3 is 2.69 bits per heavy atom. The van der Waals surface area contributed by atoms with Crippen molar-refractivity contribution in [2.45, 2.75) is 0 Å². The van der Waals surface area contributed by atoms with Gasteiger partial charge in [0.05, 0.1) is 5.69 Å². The van der Waals surface area contributed by atoms with Crippen LogP contribution in [0.15, 0.2) is 36.5 Å². The van der Waals surface area contributed by atoms with E-state index in [2.05, 4.69) is 20.6 Å². The second kappa shape index (κ2) is 10.0. The van der Waals surface area contributed by atoms with Crippen LogP contribution in [0.4, 0.5) is 25.9 Å². The van der Waals surface area contributed by atoms with Gasteiger partial charge in [0.25, 0.3) is 11.8 Å². The number of carbonyl (C=O) groups excluding carboxylic acids is 2. The molecule has 0 aliphatic carbocycles. The second-order valence-corrected chi connectivity index (χ2v) is 7.91. The summed E-state index contributed by atoms with van der Waals surface area (Å²) in [6, 6.07) is 7.32. The average Bonchev–Trinajstić information content (AvgIpc) is 3.11. The molecule has 2 heterocycles. The molecule has 0 spiro atoms. The third kappa shape index (κ3) is 5.89. The van der Waals surface area contributed by atoms with Gasteiger partial charge in [-0.3, -0.25) is 9.59 Å². The van der Waals surface area contributed by atoms with Crippen LogP contribution in [0.5, 0.6) is 5.75 Å². The molecule has 0 unspecified atom stereocenters. The molecule has 10 nitrogen and oxygen atoms in total. The van der Waals surface area contributed by atoms with Crippen LogP contribution in [0.2, 0.25) is 0 Å². The molecule has 0 saturated carbocycles. The van der Waals surface area contributed by atoms with Gasteiger partial charge in [0.2, 0.25) is 5.95 Å². The number of nitrogens with zero attached hydrogens (tertiary/aromatic N) is 3. The molecule has 0 fully saturated rings. The Morgan fingerprint density at radius 1 is 1.25 bits per heavy atom. The zero-order chi connectivity index (χ0) is 23.3. The van der Waals surface area contributed by atoms with E-state index in [1.165, 1.54) is 18.3 Å². The molecule has 1 aromatic carbocycles. The molecule has 6 N–H and O–H groups in total. The van der Waals surface area contributed by atoms with E-state index in [4.69, 9.17) is 16.2 Å². The highest BCUT2D eigenvalue weighted by Gasteiger charge is 2.19. The number of nitrogen functional groups attached to an aromatic ring is 1. The number of rotatable bonds is 9. The highest BCUT2D eigenvalue weighted by Crippen LogP contribution is 2.31. The summed E-state index contributed by atoms with van der Waals surface area (Å²) in [6.07, 6.45) is 1.28. The molecule has 2 amide bonds. The topological polar surface area (TPSA) is 148 Å². The van der Waals surface area contributed by atoms with Crippen LogP contribution in [-0.4, -0.2) is 53.9 Å². The number of amides is 2. The first-order valence-electron chi connectivity index (χ1n) is 9.40. The van der Waals surface area contributed by atoms with Crippen molar-refractivity contribution >= 4 is 44.7 Å². The molecule has 0 aliphatic heterocycles. The van der Waals surface area contributed by atoms with Gasteiger partial charge in [0.1, 0.15) is 17.4 Å². The fourth-order valence-electron chi connectivity index (χ4n) is 2.56. The van der Waals surface area contributed by atoms with Gasteiger partial charge >= 0.3 is 0 Å². The summed E-state index contributed by atoms with van der Waals surface area (Å²) in [5.41, 5.74) is 12.2. The molecule has 12 heteroatoms. The van der Waals surface area contributed by atoms with E-state index in [0.29, 0.717) is 30.3 Å². The number of halogens is 1. The van der Waals surface area contributed by atoms with Gasteiger partial charge in [0, 0.05) is 30.1 Å². The van der Waals surface area contributed by atoms with Crippen molar-refractivity contribution in [2.75, 3.05) is 43.6 Å². The summed E-state index contributed by atoms with van der Waals surface area (Å²) < 4.78 is 18.9. The van der Waals surface area contributed by atoms with Gasteiger partial charge in [0.15, 0.2) is 10.8 Å². The summed E-state index contributed by atoms with van der Waals surface area (Å²) in [7, 11) is 3.85. The lowest BCUT2D eigenvalue weighted by Gasteiger charge is -2.13. The van der Waals surface area contributed by atoms with Crippen molar-refractivity contribution in [2.24, 2.45) is 5.73 Å². The first kappa shape index (κ1) is 22.9. The quantitative estimate of drug-likeness (QED) is 0.281. The lowest BCUT2D eigenvalue weighted by atomic mass is 10.1. The Bertz CT molecular complexity index is 1140. The lowest BCUT2D eigenvalue weighted by Crippen LogP contribution is -2.20. The van der Waals surface area contributed by atoms with Gasteiger partial charge in [-0.15, -0.1) is 0 Å². The number of carbonyl (C=O) groups is 2. The Kier molecular flexibility index (Phi) is 7.18. The Morgan fingerprint density at radius 2 is 2.03 bits per heavy atom. The third-order valence-corrected chi connectivity index (χ3v) is 5.02. The number of nitrogens with one attached hydrogen (secondary N) is 2. The van der Waals surface area contributed by atoms with Gasteiger partial charge in [-0.05, 0) is 38.4 Å².